The SMILES string of the molecule is CC1(C)c2ccccc2-c2cc(N(c3ccccc3)c3ccc4sc5ccccc5c4c3)cc(-c3ccc4c5ccccc5n(-c5ccccc5)c4c3)c21. The van der Waals surface area contributed by atoms with Gasteiger partial charge in [0.15, 0.2) is 0 Å². The van der Waals surface area contributed by atoms with Crippen molar-refractivity contribution in [2.24, 2.45) is 0 Å². The molecule has 0 aliphatic heterocycles. The Balaban J connectivity index is 1.21. The number of benzene rings is 8. The fraction of sp³-hybridized carbons (Fsp3) is 0.0588. The van der Waals surface area contributed by atoms with Crippen LogP contribution in [-0.2, 0) is 5.41 Å². The van der Waals surface area contributed by atoms with E-state index in [1.165, 1.54) is 81.0 Å². The summed E-state index contributed by atoms with van der Waals surface area (Å²) in [6.45, 7) is 4.79. The highest BCUT2D eigenvalue weighted by molar-refractivity contribution is 7.25. The van der Waals surface area contributed by atoms with Crippen molar-refractivity contribution in [1.29, 1.82) is 0 Å². The number of thiophene rings is 1. The van der Waals surface area contributed by atoms with Gasteiger partial charge < -0.3 is 9.47 Å². The lowest BCUT2D eigenvalue weighted by Crippen LogP contribution is -2.17. The van der Waals surface area contributed by atoms with E-state index in [0.717, 1.165) is 17.1 Å². The quantitative estimate of drug-likeness (QED) is 0.173. The molecule has 2 nitrogen and oxygen atoms in total. The first-order valence-corrected chi connectivity index (χ1v) is 19.5. The van der Waals surface area contributed by atoms with E-state index in [4.69, 9.17) is 0 Å². The van der Waals surface area contributed by atoms with Crippen molar-refractivity contribution in [3.63, 3.8) is 0 Å². The smallest absolute Gasteiger partial charge is 0.0547 e. The van der Waals surface area contributed by atoms with Crippen LogP contribution in [0.2, 0.25) is 0 Å². The second-order valence-electron chi connectivity index (χ2n) is 15.0. The minimum Gasteiger partial charge on any atom is -0.310 e. The highest BCUT2D eigenvalue weighted by atomic mass is 32.1. The molecule has 1 aliphatic rings. The van der Waals surface area contributed by atoms with Crippen molar-refractivity contribution in [2.45, 2.75) is 19.3 Å². The van der Waals surface area contributed by atoms with Gasteiger partial charge in [0.1, 0.15) is 0 Å². The van der Waals surface area contributed by atoms with Gasteiger partial charge in [-0.3, -0.25) is 0 Å². The Morgan fingerprint density at radius 1 is 0.444 bits per heavy atom. The molecule has 11 rings (SSSR count). The topological polar surface area (TPSA) is 8.17 Å². The molecule has 2 aromatic heterocycles. The fourth-order valence-corrected chi connectivity index (χ4v) is 10.2. The van der Waals surface area contributed by atoms with E-state index in [1.54, 1.807) is 0 Å². The predicted molar refractivity (Wildman–Crippen MR) is 231 cm³/mol. The van der Waals surface area contributed by atoms with E-state index in [1.807, 2.05) is 11.3 Å². The first kappa shape index (κ1) is 31.1. The molecule has 0 fully saturated rings. The molecule has 2 heterocycles. The maximum absolute atomic E-state index is 2.45. The van der Waals surface area contributed by atoms with Crippen LogP contribution in [0.5, 0.6) is 0 Å². The van der Waals surface area contributed by atoms with Crippen molar-refractivity contribution in [2.75, 3.05) is 4.90 Å². The lowest BCUT2D eigenvalue weighted by Gasteiger charge is -2.29. The molecule has 0 bridgehead atoms. The molecule has 0 N–H and O–H groups in total. The second kappa shape index (κ2) is 11.8. The van der Waals surface area contributed by atoms with Gasteiger partial charge in [0.05, 0.1) is 11.0 Å². The number of hydrogen-bond donors (Lipinski definition) is 0. The van der Waals surface area contributed by atoms with E-state index in [2.05, 4.69) is 205 Å². The minimum absolute atomic E-state index is 0.188. The third-order valence-electron chi connectivity index (χ3n) is 11.5. The van der Waals surface area contributed by atoms with Crippen LogP contribution >= 0.6 is 11.3 Å². The molecular weight excluding hydrogens is 673 g/mol. The standard InChI is InChI=1S/C51H36N2S/c1-51(2)45-22-12-9-19-38(45)44-32-37(52(34-15-5-3-6-16-34)36-26-28-49-43(30-36)41-21-11-14-24-48(41)54-49)31-42(50(44)51)33-25-27-40-39-20-10-13-23-46(39)53(47(40)29-33)35-17-7-4-8-18-35/h3-32H,1-2H3. The number of nitrogens with zero attached hydrogens (tertiary/aromatic N) is 2. The molecule has 1 aliphatic carbocycles. The molecule has 0 spiro atoms. The van der Waals surface area contributed by atoms with Gasteiger partial charge in [-0.1, -0.05) is 123 Å². The van der Waals surface area contributed by atoms with Crippen LogP contribution in [0.1, 0.15) is 25.0 Å². The van der Waals surface area contributed by atoms with Gasteiger partial charge in [-0.05, 0) is 106 Å². The molecule has 0 saturated carbocycles. The Bertz CT molecular complexity index is 3080. The molecule has 10 aromatic rings. The van der Waals surface area contributed by atoms with Crippen molar-refractivity contribution in [3.05, 3.63) is 193 Å². The zero-order valence-corrected chi connectivity index (χ0v) is 30.9. The fourth-order valence-electron chi connectivity index (χ4n) is 9.14. The Labute approximate surface area is 318 Å². The Hall–Kier alpha value is -6.42. The van der Waals surface area contributed by atoms with Gasteiger partial charge in [0.2, 0.25) is 0 Å². The molecule has 256 valence electrons. The first-order valence-electron chi connectivity index (χ1n) is 18.7. The van der Waals surface area contributed by atoms with Crippen LogP contribution in [0, 0.1) is 0 Å². The van der Waals surface area contributed by atoms with Crippen LogP contribution in [0.4, 0.5) is 17.1 Å². The van der Waals surface area contributed by atoms with Crippen molar-refractivity contribution in [3.8, 4) is 27.9 Å². The lowest BCUT2D eigenvalue weighted by atomic mass is 9.78. The van der Waals surface area contributed by atoms with Gasteiger partial charge >= 0.3 is 0 Å². The highest BCUT2D eigenvalue weighted by Gasteiger charge is 2.38. The van der Waals surface area contributed by atoms with Gasteiger partial charge in [0.25, 0.3) is 0 Å². The Morgan fingerprint density at radius 3 is 1.96 bits per heavy atom. The van der Waals surface area contributed by atoms with Crippen LogP contribution in [-0.4, -0.2) is 4.57 Å². The molecular formula is C51H36N2S. The summed E-state index contributed by atoms with van der Waals surface area (Å²) in [6.07, 6.45) is 0. The third-order valence-corrected chi connectivity index (χ3v) is 12.7. The number of aromatic nitrogens is 1. The van der Waals surface area contributed by atoms with E-state index in [-0.39, 0.29) is 5.41 Å². The molecule has 8 aromatic carbocycles. The number of hydrogen-bond acceptors (Lipinski definition) is 2. The minimum atomic E-state index is -0.188. The number of rotatable bonds is 5. The zero-order valence-electron chi connectivity index (χ0n) is 30.1. The van der Waals surface area contributed by atoms with E-state index in [0.29, 0.717) is 0 Å². The van der Waals surface area contributed by atoms with Crippen molar-refractivity contribution >= 4 is 70.4 Å². The van der Waals surface area contributed by atoms with Crippen LogP contribution < -0.4 is 4.90 Å². The average Bonchev–Trinajstić information content (AvgIpc) is 3.83. The molecule has 0 radical (unpaired) electrons. The molecule has 0 amide bonds. The van der Waals surface area contributed by atoms with Gasteiger partial charge in [-0.15, -0.1) is 11.3 Å². The first-order chi connectivity index (χ1) is 26.5. The van der Waals surface area contributed by atoms with Crippen LogP contribution in [0.25, 0.3) is 69.9 Å². The summed E-state index contributed by atoms with van der Waals surface area (Å²) >= 11 is 1.86. The van der Waals surface area contributed by atoms with E-state index >= 15 is 0 Å². The molecule has 3 heteroatoms. The summed E-state index contributed by atoms with van der Waals surface area (Å²) in [5, 5.41) is 5.12. The Kier molecular flexibility index (Phi) is 6.80. The molecule has 0 saturated heterocycles. The van der Waals surface area contributed by atoms with E-state index in [9.17, 15) is 0 Å². The maximum Gasteiger partial charge on any atom is 0.0547 e. The van der Waals surface area contributed by atoms with Crippen LogP contribution in [0.3, 0.4) is 0 Å². The average molecular weight is 709 g/mol. The van der Waals surface area contributed by atoms with Gasteiger partial charge in [0, 0.05) is 59.1 Å². The second-order valence-corrected chi connectivity index (χ2v) is 16.0. The predicted octanol–water partition coefficient (Wildman–Crippen LogP) is 14.6. The lowest BCUT2D eigenvalue weighted by molar-refractivity contribution is 0.662. The number of fused-ring (bicyclic) bond motifs is 9. The monoisotopic (exact) mass is 708 g/mol. The summed E-state index contributed by atoms with van der Waals surface area (Å²) in [5.41, 5.74) is 14.7. The number of para-hydroxylation sites is 3. The Morgan fingerprint density at radius 2 is 1.11 bits per heavy atom. The zero-order chi connectivity index (χ0) is 36.0. The number of anilines is 3. The van der Waals surface area contributed by atoms with Crippen molar-refractivity contribution in [1.82, 2.24) is 4.57 Å². The summed E-state index contributed by atoms with van der Waals surface area (Å²) in [5.74, 6) is 0. The van der Waals surface area contributed by atoms with Crippen molar-refractivity contribution < 1.29 is 0 Å². The summed E-state index contributed by atoms with van der Waals surface area (Å²) in [4.78, 5) is 2.45. The summed E-state index contributed by atoms with van der Waals surface area (Å²) < 4.78 is 5.05. The highest BCUT2D eigenvalue weighted by Crippen LogP contribution is 2.55. The largest absolute Gasteiger partial charge is 0.310 e. The van der Waals surface area contributed by atoms with Gasteiger partial charge in [-0.25, -0.2) is 0 Å². The summed E-state index contributed by atoms with van der Waals surface area (Å²) in [6, 6.07) is 67.1. The summed E-state index contributed by atoms with van der Waals surface area (Å²) in [7, 11) is 0. The maximum atomic E-state index is 2.45. The van der Waals surface area contributed by atoms with Gasteiger partial charge in [-0.2, -0.15) is 0 Å². The van der Waals surface area contributed by atoms with Crippen LogP contribution in [0.15, 0.2) is 182 Å². The molecule has 0 atom stereocenters. The van der Waals surface area contributed by atoms with E-state index < -0.39 is 0 Å². The molecule has 0 unspecified atom stereocenters. The normalized spacial score (nSPS) is 13.1. The molecule has 54 heavy (non-hydrogen) atoms. The third kappa shape index (κ3) is 4.58.